The van der Waals surface area contributed by atoms with Gasteiger partial charge in [0, 0.05) is 10.0 Å². The highest BCUT2D eigenvalue weighted by Crippen LogP contribution is 2.34. The van der Waals surface area contributed by atoms with Crippen molar-refractivity contribution >= 4 is 38.9 Å². The van der Waals surface area contributed by atoms with Gasteiger partial charge >= 0.3 is 0 Å². The molecule has 2 aromatic rings. The summed E-state index contributed by atoms with van der Waals surface area (Å²) in [5.74, 6) is 0.777. The van der Waals surface area contributed by atoms with E-state index in [0.29, 0.717) is 4.47 Å². The number of ether oxygens (including phenoxy) is 1. The predicted molar refractivity (Wildman–Crippen MR) is 64.6 cm³/mol. The normalized spacial score (nSPS) is 10.3. The SMILES string of the molecule is COc1ccc(Br)c(-c2nnc(Cl)s2)c1. The quantitative estimate of drug-likeness (QED) is 0.850. The van der Waals surface area contributed by atoms with E-state index < -0.39 is 0 Å². The minimum absolute atomic E-state index is 0.430. The number of benzene rings is 1. The van der Waals surface area contributed by atoms with Crippen molar-refractivity contribution in [3.05, 3.63) is 27.1 Å². The Bertz CT molecular complexity index is 489. The van der Waals surface area contributed by atoms with E-state index in [9.17, 15) is 0 Å². The van der Waals surface area contributed by atoms with Crippen LogP contribution in [0.1, 0.15) is 0 Å². The molecule has 0 unspecified atom stereocenters. The minimum Gasteiger partial charge on any atom is -0.497 e. The molecule has 0 saturated carbocycles. The molecule has 0 aliphatic rings. The lowest BCUT2D eigenvalue weighted by atomic mass is 10.2. The standard InChI is InChI=1S/C9H6BrClN2OS/c1-14-5-2-3-7(10)6(4-5)8-12-13-9(11)15-8/h2-4H,1H3. The van der Waals surface area contributed by atoms with Gasteiger partial charge in [-0.3, -0.25) is 0 Å². The van der Waals surface area contributed by atoms with Gasteiger partial charge in [0.05, 0.1) is 7.11 Å². The summed E-state index contributed by atoms with van der Waals surface area (Å²) >= 11 is 10.5. The van der Waals surface area contributed by atoms with E-state index in [1.54, 1.807) is 7.11 Å². The largest absolute Gasteiger partial charge is 0.497 e. The molecule has 0 spiro atoms. The van der Waals surface area contributed by atoms with E-state index in [-0.39, 0.29) is 0 Å². The van der Waals surface area contributed by atoms with E-state index in [0.717, 1.165) is 20.8 Å². The zero-order valence-corrected chi connectivity index (χ0v) is 10.9. The minimum atomic E-state index is 0.430. The van der Waals surface area contributed by atoms with Crippen LogP contribution < -0.4 is 4.74 Å². The first-order chi connectivity index (χ1) is 7.20. The molecular weight excluding hydrogens is 300 g/mol. The number of halogens is 2. The van der Waals surface area contributed by atoms with Gasteiger partial charge in [0.1, 0.15) is 10.8 Å². The summed E-state index contributed by atoms with van der Waals surface area (Å²) in [7, 11) is 1.63. The molecule has 1 aromatic carbocycles. The molecule has 0 bridgehead atoms. The average Bonchev–Trinajstić information content (AvgIpc) is 2.65. The molecule has 0 N–H and O–H groups in total. The summed E-state index contributed by atoms with van der Waals surface area (Å²) in [6, 6.07) is 5.67. The Morgan fingerprint density at radius 1 is 1.40 bits per heavy atom. The van der Waals surface area contributed by atoms with E-state index in [1.165, 1.54) is 11.3 Å². The third kappa shape index (κ3) is 2.30. The smallest absolute Gasteiger partial charge is 0.207 e. The van der Waals surface area contributed by atoms with Gasteiger partial charge in [-0.1, -0.05) is 27.3 Å². The Morgan fingerprint density at radius 3 is 2.80 bits per heavy atom. The first kappa shape index (κ1) is 10.9. The lowest BCUT2D eigenvalue weighted by Crippen LogP contribution is -1.85. The fourth-order valence-electron chi connectivity index (χ4n) is 1.11. The second-order valence-electron chi connectivity index (χ2n) is 2.71. The molecule has 2 rings (SSSR count). The van der Waals surface area contributed by atoms with Crippen LogP contribution >= 0.6 is 38.9 Å². The van der Waals surface area contributed by atoms with Crippen molar-refractivity contribution in [2.75, 3.05) is 7.11 Å². The third-order valence-electron chi connectivity index (χ3n) is 1.80. The van der Waals surface area contributed by atoms with Crippen LogP contribution in [-0.4, -0.2) is 17.3 Å². The molecule has 15 heavy (non-hydrogen) atoms. The monoisotopic (exact) mass is 304 g/mol. The van der Waals surface area contributed by atoms with Gasteiger partial charge in [-0.15, -0.1) is 10.2 Å². The zero-order chi connectivity index (χ0) is 10.8. The van der Waals surface area contributed by atoms with E-state index in [4.69, 9.17) is 16.3 Å². The summed E-state index contributed by atoms with van der Waals surface area (Å²) in [5, 5.41) is 8.50. The molecule has 0 saturated heterocycles. The van der Waals surface area contributed by atoms with Gasteiger partial charge in [0.15, 0.2) is 0 Å². The predicted octanol–water partition coefficient (Wildman–Crippen LogP) is 3.63. The van der Waals surface area contributed by atoms with Crippen LogP contribution in [0.5, 0.6) is 5.75 Å². The van der Waals surface area contributed by atoms with Crippen LogP contribution in [0.2, 0.25) is 4.47 Å². The fourth-order valence-corrected chi connectivity index (χ4v) is 2.53. The van der Waals surface area contributed by atoms with E-state index >= 15 is 0 Å². The van der Waals surface area contributed by atoms with Crippen LogP contribution in [0.3, 0.4) is 0 Å². The Hall–Kier alpha value is -0.650. The van der Waals surface area contributed by atoms with Crippen LogP contribution in [0.15, 0.2) is 22.7 Å². The van der Waals surface area contributed by atoms with Crippen molar-refractivity contribution < 1.29 is 4.74 Å². The Morgan fingerprint density at radius 2 is 2.20 bits per heavy atom. The van der Waals surface area contributed by atoms with Gasteiger partial charge in [-0.2, -0.15) is 0 Å². The number of hydrogen-bond donors (Lipinski definition) is 0. The molecule has 6 heteroatoms. The highest BCUT2D eigenvalue weighted by atomic mass is 79.9. The third-order valence-corrected chi connectivity index (χ3v) is 3.55. The van der Waals surface area contributed by atoms with Crippen molar-refractivity contribution in [2.45, 2.75) is 0 Å². The lowest BCUT2D eigenvalue weighted by Gasteiger charge is -2.03. The van der Waals surface area contributed by atoms with Gasteiger partial charge in [0.25, 0.3) is 0 Å². The van der Waals surface area contributed by atoms with Gasteiger partial charge < -0.3 is 4.74 Å². The number of methoxy groups -OCH3 is 1. The Kier molecular flexibility index (Phi) is 3.23. The highest BCUT2D eigenvalue weighted by molar-refractivity contribution is 9.10. The van der Waals surface area contributed by atoms with Crippen molar-refractivity contribution in [2.24, 2.45) is 0 Å². The van der Waals surface area contributed by atoms with Crippen molar-refractivity contribution in [3.63, 3.8) is 0 Å². The molecule has 0 aliphatic carbocycles. The first-order valence-electron chi connectivity index (χ1n) is 4.03. The van der Waals surface area contributed by atoms with Crippen LogP contribution in [0.25, 0.3) is 10.6 Å². The zero-order valence-electron chi connectivity index (χ0n) is 7.70. The molecule has 1 aromatic heterocycles. The van der Waals surface area contributed by atoms with Gasteiger partial charge in [-0.25, -0.2) is 0 Å². The molecular formula is C9H6BrClN2OS. The van der Waals surface area contributed by atoms with Crippen molar-refractivity contribution in [3.8, 4) is 16.3 Å². The summed E-state index contributed by atoms with van der Waals surface area (Å²) in [4.78, 5) is 0. The van der Waals surface area contributed by atoms with E-state index in [2.05, 4.69) is 26.1 Å². The fraction of sp³-hybridized carbons (Fsp3) is 0.111. The molecule has 0 amide bonds. The van der Waals surface area contributed by atoms with E-state index in [1.807, 2.05) is 18.2 Å². The molecule has 0 atom stereocenters. The maximum Gasteiger partial charge on any atom is 0.207 e. The molecule has 0 aliphatic heterocycles. The average molecular weight is 306 g/mol. The maximum absolute atomic E-state index is 5.73. The number of hydrogen-bond acceptors (Lipinski definition) is 4. The molecule has 1 heterocycles. The Labute approximate surface area is 104 Å². The van der Waals surface area contributed by atoms with Crippen LogP contribution in [0, 0.1) is 0 Å². The topological polar surface area (TPSA) is 35.0 Å². The Balaban J connectivity index is 2.51. The summed E-state index contributed by atoms with van der Waals surface area (Å²) in [5.41, 5.74) is 0.929. The number of rotatable bonds is 2. The van der Waals surface area contributed by atoms with Gasteiger partial charge in [0.2, 0.25) is 4.47 Å². The summed E-state index contributed by atoms with van der Waals surface area (Å²) in [6.07, 6.45) is 0. The van der Waals surface area contributed by atoms with Gasteiger partial charge in [-0.05, 0) is 29.8 Å². The first-order valence-corrected chi connectivity index (χ1v) is 6.02. The number of nitrogens with zero attached hydrogens (tertiary/aromatic N) is 2. The lowest BCUT2D eigenvalue weighted by molar-refractivity contribution is 0.415. The number of aromatic nitrogens is 2. The summed E-state index contributed by atoms with van der Waals surface area (Å²) in [6.45, 7) is 0. The van der Waals surface area contributed by atoms with Crippen molar-refractivity contribution in [1.82, 2.24) is 10.2 Å². The molecule has 78 valence electrons. The van der Waals surface area contributed by atoms with Crippen LogP contribution in [-0.2, 0) is 0 Å². The second kappa shape index (κ2) is 4.47. The molecule has 3 nitrogen and oxygen atoms in total. The second-order valence-corrected chi connectivity index (χ2v) is 5.12. The highest BCUT2D eigenvalue weighted by Gasteiger charge is 2.09. The van der Waals surface area contributed by atoms with Crippen LogP contribution in [0.4, 0.5) is 0 Å². The molecule has 0 radical (unpaired) electrons. The summed E-state index contributed by atoms with van der Waals surface area (Å²) < 4.78 is 6.51. The van der Waals surface area contributed by atoms with Crippen molar-refractivity contribution in [1.29, 1.82) is 0 Å². The molecule has 0 fully saturated rings. The maximum atomic E-state index is 5.73.